The smallest absolute Gasteiger partial charge is 0.854 e. The summed E-state index contributed by atoms with van der Waals surface area (Å²) >= 11 is 3.92. The van der Waals surface area contributed by atoms with Gasteiger partial charge in [-0.2, -0.15) is 12.6 Å². The first-order valence-corrected chi connectivity index (χ1v) is 2.74. The topological polar surface area (TPSA) is 23.1 Å². The molecule has 38 valence electrons. The molecule has 3 heteroatoms. The molecule has 0 aromatic heterocycles. The molecule has 0 saturated carbocycles. The third kappa shape index (κ3) is 11.1. The SMILES string of the molecule is [Na+].[O-]CCCCS. The van der Waals surface area contributed by atoms with Crippen molar-refractivity contribution in [3.63, 3.8) is 0 Å². The monoisotopic (exact) mass is 128 g/mol. The Balaban J connectivity index is 0. The Labute approximate surface area is 72.2 Å². The molecule has 0 bridgehead atoms. The molecule has 0 aliphatic rings. The van der Waals surface area contributed by atoms with Gasteiger partial charge in [-0.25, -0.2) is 0 Å². The van der Waals surface area contributed by atoms with Crippen LogP contribution < -0.4 is 34.7 Å². The molecular weight excluding hydrogens is 119 g/mol. The van der Waals surface area contributed by atoms with E-state index in [0.29, 0.717) is 0 Å². The summed E-state index contributed by atoms with van der Waals surface area (Å²) in [7, 11) is 0. The third-order valence-corrected chi connectivity index (χ3v) is 0.869. The van der Waals surface area contributed by atoms with Gasteiger partial charge in [0.2, 0.25) is 0 Å². The van der Waals surface area contributed by atoms with Crippen molar-refractivity contribution in [1.29, 1.82) is 0 Å². The normalized spacial score (nSPS) is 7.71. The molecule has 0 N–H and O–H groups in total. The van der Waals surface area contributed by atoms with E-state index in [1.54, 1.807) is 0 Å². The fourth-order valence-corrected chi connectivity index (χ4v) is 0.437. The predicted molar refractivity (Wildman–Crippen MR) is 28.0 cm³/mol. The Morgan fingerprint density at radius 3 is 2.00 bits per heavy atom. The molecule has 0 spiro atoms. The van der Waals surface area contributed by atoms with E-state index in [0.717, 1.165) is 18.6 Å². The van der Waals surface area contributed by atoms with E-state index in [9.17, 15) is 5.11 Å². The van der Waals surface area contributed by atoms with Crippen LogP contribution in [0, 0.1) is 0 Å². The van der Waals surface area contributed by atoms with Gasteiger partial charge in [0.1, 0.15) is 0 Å². The van der Waals surface area contributed by atoms with Gasteiger partial charge >= 0.3 is 29.6 Å². The predicted octanol–water partition coefficient (Wildman–Crippen LogP) is -2.94. The summed E-state index contributed by atoms with van der Waals surface area (Å²) < 4.78 is 0. The molecule has 0 aliphatic carbocycles. The van der Waals surface area contributed by atoms with Gasteiger partial charge in [0.15, 0.2) is 0 Å². The summed E-state index contributed by atoms with van der Waals surface area (Å²) in [6.45, 7) is 0.0561. The number of rotatable bonds is 3. The summed E-state index contributed by atoms with van der Waals surface area (Å²) in [4.78, 5) is 0. The molecule has 0 fully saturated rings. The summed E-state index contributed by atoms with van der Waals surface area (Å²) in [5, 5.41) is 9.65. The average molecular weight is 128 g/mol. The molecule has 0 radical (unpaired) electrons. The zero-order valence-corrected chi connectivity index (χ0v) is 7.58. The standard InChI is InChI=1S/C4H9OS.Na/c5-3-1-2-4-6;/h6H,1-4H2;/q-1;+1. The minimum absolute atomic E-state index is 0. The second-order valence-corrected chi connectivity index (χ2v) is 1.58. The van der Waals surface area contributed by atoms with E-state index >= 15 is 0 Å². The van der Waals surface area contributed by atoms with E-state index in [2.05, 4.69) is 12.6 Å². The first kappa shape index (κ1) is 11.2. The van der Waals surface area contributed by atoms with Crippen LogP contribution in [-0.4, -0.2) is 12.4 Å². The van der Waals surface area contributed by atoms with Crippen LogP contribution in [0.25, 0.3) is 0 Å². The van der Waals surface area contributed by atoms with Crippen molar-refractivity contribution in [2.45, 2.75) is 12.8 Å². The van der Waals surface area contributed by atoms with Gasteiger partial charge in [-0.3, -0.25) is 0 Å². The minimum atomic E-state index is 0. The summed E-state index contributed by atoms with van der Waals surface area (Å²) in [5.41, 5.74) is 0. The van der Waals surface area contributed by atoms with Gasteiger partial charge in [0, 0.05) is 0 Å². The summed E-state index contributed by atoms with van der Waals surface area (Å²) in [5.74, 6) is 0.849. The van der Waals surface area contributed by atoms with Crippen molar-refractivity contribution in [2.75, 3.05) is 12.4 Å². The van der Waals surface area contributed by atoms with Crippen LogP contribution >= 0.6 is 12.6 Å². The van der Waals surface area contributed by atoms with Gasteiger partial charge in [-0.15, -0.1) is 6.61 Å². The minimum Gasteiger partial charge on any atom is -0.854 e. The van der Waals surface area contributed by atoms with Crippen molar-refractivity contribution < 1.29 is 34.7 Å². The third-order valence-electron chi connectivity index (χ3n) is 0.552. The molecule has 0 saturated heterocycles. The fourth-order valence-electron chi connectivity index (χ4n) is 0.214. The van der Waals surface area contributed by atoms with Crippen molar-refractivity contribution in [3.8, 4) is 0 Å². The van der Waals surface area contributed by atoms with Crippen LogP contribution in [-0.2, 0) is 0 Å². The van der Waals surface area contributed by atoms with E-state index in [1.807, 2.05) is 0 Å². The maximum Gasteiger partial charge on any atom is 1.00 e. The second kappa shape index (κ2) is 10.3. The van der Waals surface area contributed by atoms with Crippen LogP contribution in [0.2, 0.25) is 0 Å². The number of unbranched alkanes of at least 4 members (excludes halogenated alkanes) is 1. The Bertz CT molecular complexity index is 23.7. The van der Waals surface area contributed by atoms with Crippen LogP contribution in [0.4, 0.5) is 0 Å². The number of hydrogen-bond acceptors (Lipinski definition) is 2. The van der Waals surface area contributed by atoms with Gasteiger partial charge < -0.3 is 5.11 Å². The largest absolute Gasteiger partial charge is 1.00 e. The fraction of sp³-hybridized carbons (Fsp3) is 1.00. The molecule has 0 heterocycles. The molecule has 0 rings (SSSR count). The van der Waals surface area contributed by atoms with E-state index in [-0.39, 0.29) is 36.2 Å². The van der Waals surface area contributed by atoms with Gasteiger partial charge in [-0.05, 0) is 12.2 Å². The van der Waals surface area contributed by atoms with E-state index in [4.69, 9.17) is 0 Å². The van der Waals surface area contributed by atoms with E-state index < -0.39 is 0 Å². The summed E-state index contributed by atoms with van der Waals surface area (Å²) in [6.07, 6.45) is 1.75. The Morgan fingerprint density at radius 2 is 1.86 bits per heavy atom. The van der Waals surface area contributed by atoms with Crippen LogP contribution in [0.1, 0.15) is 12.8 Å². The zero-order chi connectivity index (χ0) is 4.83. The molecule has 0 aromatic carbocycles. The van der Waals surface area contributed by atoms with Crippen LogP contribution in [0.5, 0.6) is 0 Å². The quantitative estimate of drug-likeness (QED) is 0.245. The molecule has 7 heavy (non-hydrogen) atoms. The molecule has 0 atom stereocenters. The Kier molecular flexibility index (Phi) is 16.4. The Morgan fingerprint density at radius 1 is 1.29 bits per heavy atom. The first-order chi connectivity index (χ1) is 2.91. The summed E-state index contributed by atoms with van der Waals surface area (Å²) in [6, 6.07) is 0. The first-order valence-electron chi connectivity index (χ1n) is 2.10. The molecular formula is C4H9NaOS. The molecule has 0 amide bonds. The van der Waals surface area contributed by atoms with Crippen molar-refractivity contribution in [2.24, 2.45) is 0 Å². The van der Waals surface area contributed by atoms with Crippen molar-refractivity contribution in [3.05, 3.63) is 0 Å². The zero-order valence-electron chi connectivity index (χ0n) is 4.68. The second-order valence-electron chi connectivity index (χ2n) is 1.13. The molecule has 0 aliphatic heterocycles. The van der Waals surface area contributed by atoms with Crippen molar-refractivity contribution >= 4 is 12.6 Å². The van der Waals surface area contributed by atoms with Gasteiger partial charge in [0.25, 0.3) is 0 Å². The number of thiol groups is 1. The average Bonchev–Trinajstić information content (AvgIpc) is 1.61. The van der Waals surface area contributed by atoms with Gasteiger partial charge in [0.05, 0.1) is 0 Å². The number of hydrogen-bond donors (Lipinski definition) is 1. The maximum absolute atomic E-state index is 9.65. The van der Waals surface area contributed by atoms with Crippen LogP contribution in [0.3, 0.4) is 0 Å². The molecule has 0 aromatic rings. The molecule has 0 unspecified atom stereocenters. The maximum atomic E-state index is 9.65. The Hall–Kier alpha value is 1.31. The van der Waals surface area contributed by atoms with Gasteiger partial charge in [-0.1, -0.05) is 6.42 Å². The van der Waals surface area contributed by atoms with Crippen molar-refractivity contribution in [1.82, 2.24) is 0 Å². The van der Waals surface area contributed by atoms with E-state index in [1.165, 1.54) is 0 Å². The molecule has 1 nitrogen and oxygen atoms in total. The van der Waals surface area contributed by atoms with Crippen LogP contribution in [0.15, 0.2) is 0 Å².